The highest BCUT2D eigenvalue weighted by molar-refractivity contribution is 6.74. The number of ether oxygens (including phenoxy) is 1. The van der Waals surface area contributed by atoms with Crippen LogP contribution in [-0.2, 0) is 14.0 Å². The third-order valence-electron chi connectivity index (χ3n) is 4.92. The summed E-state index contributed by atoms with van der Waals surface area (Å²) in [5.74, 6) is 0.178. The molecule has 0 aliphatic heterocycles. The maximum absolute atomic E-state index is 11.6. The number of carbonyl (C=O) groups is 1. The van der Waals surface area contributed by atoms with Gasteiger partial charge < -0.3 is 9.16 Å². The van der Waals surface area contributed by atoms with Gasteiger partial charge in [-0.3, -0.25) is 0 Å². The van der Waals surface area contributed by atoms with Crippen LogP contribution in [0.5, 0.6) is 0 Å². The number of hydrogen-bond donors (Lipinski definition) is 0. The Hall–Kier alpha value is -1.13. The van der Waals surface area contributed by atoms with Gasteiger partial charge in [0, 0.05) is 6.08 Å². The van der Waals surface area contributed by atoms with Crippen LogP contribution in [0.1, 0.15) is 48.0 Å². The fourth-order valence-corrected chi connectivity index (χ4v) is 3.79. The third kappa shape index (κ3) is 8.68. The smallest absolute Gasteiger partial charge is 0.330 e. The molecule has 0 aromatic heterocycles. The van der Waals surface area contributed by atoms with Gasteiger partial charge in [0.15, 0.2) is 8.32 Å². The summed E-state index contributed by atoms with van der Waals surface area (Å²) < 4.78 is 11.7. The number of allylic oxidation sites excluding steroid dienone is 3. The summed E-state index contributed by atoms with van der Waals surface area (Å²) in [6, 6.07) is 0. The first-order valence-electron chi connectivity index (χ1n) is 9.26. The number of carbonyl (C=O) groups excluding carboxylic acids is 1. The van der Waals surface area contributed by atoms with Crippen LogP contribution in [0.4, 0.5) is 0 Å². The van der Waals surface area contributed by atoms with E-state index in [9.17, 15) is 4.79 Å². The van der Waals surface area contributed by atoms with Gasteiger partial charge in [0.2, 0.25) is 0 Å². The Morgan fingerprint density at radius 1 is 1.24 bits per heavy atom. The minimum atomic E-state index is -1.91. The van der Waals surface area contributed by atoms with Crippen LogP contribution >= 0.6 is 0 Å². The van der Waals surface area contributed by atoms with Crippen molar-refractivity contribution >= 4 is 14.3 Å². The van der Waals surface area contributed by atoms with Crippen molar-refractivity contribution in [1.82, 2.24) is 0 Å². The van der Waals surface area contributed by atoms with Gasteiger partial charge in [0.05, 0.1) is 12.7 Å². The maximum Gasteiger partial charge on any atom is 0.330 e. The lowest BCUT2D eigenvalue weighted by atomic mass is 9.90. The van der Waals surface area contributed by atoms with Crippen LogP contribution in [0, 0.1) is 11.8 Å². The lowest BCUT2D eigenvalue weighted by molar-refractivity contribution is -0.137. The van der Waals surface area contributed by atoms with E-state index in [-0.39, 0.29) is 23.0 Å². The Morgan fingerprint density at radius 2 is 1.84 bits per heavy atom. The molecule has 0 fully saturated rings. The molecule has 0 amide bonds. The van der Waals surface area contributed by atoms with Crippen molar-refractivity contribution in [1.29, 1.82) is 0 Å². The van der Waals surface area contributed by atoms with Crippen molar-refractivity contribution in [3.05, 3.63) is 37.0 Å². The summed E-state index contributed by atoms with van der Waals surface area (Å²) in [6.07, 6.45) is 10.3. The van der Waals surface area contributed by atoms with E-state index in [1.165, 1.54) is 6.08 Å². The van der Waals surface area contributed by atoms with Crippen LogP contribution in [-0.4, -0.2) is 27.0 Å². The lowest BCUT2D eigenvalue weighted by Crippen LogP contribution is -2.47. The minimum Gasteiger partial charge on any atom is -0.463 e. The molecule has 0 radical (unpaired) electrons. The molecule has 25 heavy (non-hydrogen) atoms. The van der Waals surface area contributed by atoms with Crippen LogP contribution in [0.2, 0.25) is 18.1 Å². The molecule has 0 aromatic carbocycles. The fourth-order valence-electron chi connectivity index (χ4n) is 2.31. The molecule has 0 unspecified atom stereocenters. The highest BCUT2D eigenvalue weighted by atomic mass is 28.4. The van der Waals surface area contributed by atoms with Gasteiger partial charge >= 0.3 is 5.97 Å². The van der Waals surface area contributed by atoms with Crippen molar-refractivity contribution in [2.75, 3.05) is 6.61 Å². The Balaban J connectivity index is 5.33. The molecule has 0 saturated carbocycles. The number of rotatable bonds is 10. The first kappa shape index (κ1) is 23.9. The molecule has 0 saturated heterocycles. The van der Waals surface area contributed by atoms with Crippen LogP contribution < -0.4 is 0 Å². The molecule has 0 rings (SSSR count). The second-order valence-corrected chi connectivity index (χ2v) is 12.9. The lowest BCUT2D eigenvalue weighted by Gasteiger charge is -2.42. The largest absolute Gasteiger partial charge is 0.463 e. The van der Waals surface area contributed by atoms with E-state index < -0.39 is 8.32 Å². The van der Waals surface area contributed by atoms with Gasteiger partial charge in [-0.25, -0.2) is 4.79 Å². The van der Waals surface area contributed by atoms with E-state index in [1.54, 1.807) is 6.08 Å². The molecule has 0 aliphatic rings. The number of hydrogen-bond acceptors (Lipinski definition) is 3. The van der Waals surface area contributed by atoms with Crippen LogP contribution in [0.25, 0.3) is 0 Å². The van der Waals surface area contributed by atoms with Gasteiger partial charge in [0.1, 0.15) is 0 Å². The normalized spacial score (nSPS) is 16.8. The summed E-state index contributed by atoms with van der Waals surface area (Å²) in [4.78, 5) is 11.6. The van der Waals surface area contributed by atoms with Gasteiger partial charge in [-0.2, -0.15) is 0 Å². The summed E-state index contributed by atoms with van der Waals surface area (Å²) in [5.41, 5.74) is 0. The monoisotopic (exact) mass is 366 g/mol. The molecule has 0 aromatic rings. The van der Waals surface area contributed by atoms with E-state index in [1.807, 2.05) is 19.1 Å². The van der Waals surface area contributed by atoms with Gasteiger partial charge in [-0.1, -0.05) is 65.5 Å². The third-order valence-corrected chi connectivity index (χ3v) is 9.39. The molecule has 0 spiro atoms. The van der Waals surface area contributed by atoms with Gasteiger partial charge in [-0.15, -0.1) is 0 Å². The molecular weight excluding hydrogens is 328 g/mol. The van der Waals surface area contributed by atoms with E-state index in [0.29, 0.717) is 12.5 Å². The Kier molecular flexibility index (Phi) is 10.3. The topological polar surface area (TPSA) is 35.5 Å². The van der Waals surface area contributed by atoms with Crippen LogP contribution in [0.3, 0.4) is 0 Å². The molecule has 0 N–H and O–H groups in total. The fraction of sp³-hybridized carbons (Fsp3) is 0.667. The average Bonchev–Trinajstić information content (AvgIpc) is 2.49. The van der Waals surface area contributed by atoms with Gasteiger partial charge in [-0.05, 0) is 43.3 Å². The van der Waals surface area contributed by atoms with Crippen molar-refractivity contribution in [3.8, 4) is 0 Å². The predicted molar refractivity (Wildman–Crippen MR) is 110 cm³/mol. The first-order valence-corrected chi connectivity index (χ1v) is 12.2. The molecule has 3 atom stereocenters. The van der Waals surface area contributed by atoms with E-state index in [4.69, 9.17) is 9.16 Å². The zero-order valence-corrected chi connectivity index (χ0v) is 18.5. The molecular formula is C21H38O3Si. The molecule has 3 nitrogen and oxygen atoms in total. The van der Waals surface area contributed by atoms with Crippen molar-refractivity contribution in [3.63, 3.8) is 0 Å². The predicted octanol–water partition coefficient (Wildman–Crippen LogP) is 5.90. The van der Waals surface area contributed by atoms with Crippen LogP contribution in [0.15, 0.2) is 37.0 Å². The summed E-state index contributed by atoms with van der Waals surface area (Å²) in [6.45, 7) is 21.5. The van der Waals surface area contributed by atoms with Crippen molar-refractivity contribution in [2.24, 2.45) is 11.8 Å². The second kappa shape index (κ2) is 10.8. The van der Waals surface area contributed by atoms with Crippen molar-refractivity contribution < 1.29 is 14.0 Å². The molecule has 0 aliphatic carbocycles. The van der Waals surface area contributed by atoms with E-state index in [0.717, 1.165) is 6.42 Å². The summed E-state index contributed by atoms with van der Waals surface area (Å²) in [5, 5.41) is 0.145. The molecule has 0 heterocycles. The SMILES string of the molecule is C=C/C=C/C[C@@H](C)[C@H](O[Si](C)(C)C(C)(C)C)[C@@H](C)/C=C/C(=O)OCC. The zero-order valence-electron chi connectivity index (χ0n) is 17.5. The summed E-state index contributed by atoms with van der Waals surface area (Å²) >= 11 is 0. The van der Waals surface area contributed by atoms with E-state index >= 15 is 0 Å². The Morgan fingerprint density at radius 3 is 2.32 bits per heavy atom. The average molecular weight is 367 g/mol. The number of esters is 1. The van der Waals surface area contributed by atoms with E-state index in [2.05, 4.69) is 60.4 Å². The standard InChI is InChI=1S/C21H38O3Si/c1-10-12-13-14-17(3)20(24-25(8,9)21(5,6)7)18(4)15-16-19(22)23-11-2/h10,12-13,15-18,20H,1,11,14H2,2-9H3/b13-12+,16-15+/t17-,18+,20+/m1/s1. The molecule has 0 bridgehead atoms. The maximum atomic E-state index is 11.6. The van der Waals surface area contributed by atoms with Crippen molar-refractivity contribution in [2.45, 2.75) is 72.2 Å². The quantitative estimate of drug-likeness (QED) is 0.209. The van der Waals surface area contributed by atoms with Gasteiger partial charge in [0.25, 0.3) is 0 Å². The molecule has 4 heteroatoms. The minimum absolute atomic E-state index is 0.0565. The highest BCUT2D eigenvalue weighted by Crippen LogP contribution is 2.39. The second-order valence-electron chi connectivity index (χ2n) is 8.19. The highest BCUT2D eigenvalue weighted by Gasteiger charge is 2.40. The first-order chi connectivity index (χ1) is 11.5. The Labute approximate surface area is 156 Å². The zero-order chi connectivity index (χ0) is 19.7. The molecule has 144 valence electrons. The Bertz CT molecular complexity index is 472. The summed E-state index contributed by atoms with van der Waals surface area (Å²) in [7, 11) is -1.91.